The molecule has 1 heterocycles. The Bertz CT molecular complexity index is 473. The van der Waals surface area contributed by atoms with Crippen molar-refractivity contribution >= 4 is 11.6 Å². The molecule has 1 aliphatic rings. The van der Waals surface area contributed by atoms with Gasteiger partial charge in [-0.05, 0) is 37.9 Å². The Hall–Kier alpha value is -1.55. The van der Waals surface area contributed by atoms with Gasteiger partial charge in [-0.15, -0.1) is 0 Å². The normalized spacial score (nSPS) is 22.5. The van der Waals surface area contributed by atoms with Crippen LogP contribution in [0.5, 0.6) is 5.75 Å². The van der Waals surface area contributed by atoms with E-state index in [-0.39, 0.29) is 17.6 Å². The molecule has 4 nitrogen and oxygen atoms in total. The summed E-state index contributed by atoms with van der Waals surface area (Å²) in [6.07, 6.45) is 0. The largest absolute Gasteiger partial charge is 0.508 e. The van der Waals surface area contributed by atoms with Crippen LogP contribution in [0.2, 0.25) is 0 Å². The number of benzene rings is 1. The van der Waals surface area contributed by atoms with Gasteiger partial charge in [-0.2, -0.15) is 0 Å². The molecule has 1 saturated heterocycles. The van der Waals surface area contributed by atoms with E-state index in [1.807, 2.05) is 19.9 Å². The van der Waals surface area contributed by atoms with Crippen LogP contribution in [-0.4, -0.2) is 30.6 Å². The zero-order valence-corrected chi connectivity index (χ0v) is 11.8. The number of rotatable bonds is 3. The number of hydrogen-bond donors (Lipinski definition) is 2. The van der Waals surface area contributed by atoms with Gasteiger partial charge in [0.25, 0.3) is 0 Å². The van der Waals surface area contributed by atoms with E-state index in [9.17, 15) is 9.90 Å². The summed E-state index contributed by atoms with van der Waals surface area (Å²) in [5.41, 5.74) is 1.82. The number of nitrogens with one attached hydrogen (secondary N) is 1. The third-order valence-electron chi connectivity index (χ3n) is 3.90. The molecule has 2 N–H and O–H groups in total. The van der Waals surface area contributed by atoms with E-state index in [0.717, 1.165) is 24.3 Å². The Morgan fingerprint density at radius 2 is 2.21 bits per heavy atom. The lowest BCUT2D eigenvalue weighted by Gasteiger charge is -2.27. The SMILES string of the molecule is CCN(C(=O)[C@@H]1CNC[C@H]1C)c1cc(O)ccc1C. The number of aromatic hydroxyl groups is 1. The van der Waals surface area contributed by atoms with Gasteiger partial charge >= 0.3 is 0 Å². The minimum atomic E-state index is 0.0294. The van der Waals surface area contributed by atoms with Crippen molar-refractivity contribution in [2.45, 2.75) is 20.8 Å². The monoisotopic (exact) mass is 262 g/mol. The van der Waals surface area contributed by atoms with E-state index < -0.39 is 0 Å². The average molecular weight is 262 g/mol. The van der Waals surface area contributed by atoms with Crippen molar-refractivity contribution in [3.8, 4) is 5.75 Å². The van der Waals surface area contributed by atoms with Gasteiger partial charge in [-0.3, -0.25) is 4.79 Å². The molecule has 1 aliphatic heterocycles. The molecule has 104 valence electrons. The molecule has 1 amide bonds. The van der Waals surface area contributed by atoms with E-state index in [2.05, 4.69) is 12.2 Å². The lowest BCUT2D eigenvalue weighted by atomic mass is 9.96. The molecule has 0 unspecified atom stereocenters. The van der Waals surface area contributed by atoms with Gasteiger partial charge in [0.1, 0.15) is 5.75 Å². The molecular weight excluding hydrogens is 240 g/mol. The highest BCUT2D eigenvalue weighted by molar-refractivity contribution is 5.96. The fourth-order valence-corrected chi connectivity index (χ4v) is 2.67. The number of aryl methyl sites for hydroxylation is 1. The van der Waals surface area contributed by atoms with Crippen molar-refractivity contribution in [3.05, 3.63) is 23.8 Å². The Morgan fingerprint density at radius 3 is 2.79 bits per heavy atom. The van der Waals surface area contributed by atoms with Gasteiger partial charge in [-0.1, -0.05) is 13.0 Å². The molecule has 0 bridgehead atoms. The summed E-state index contributed by atoms with van der Waals surface area (Å²) >= 11 is 0. The summed E-state index contributed by atoms with van der Waals surface area (Å²) in [6, 6.07) is 5.16. The Kier molecular flexibility index (Phi) is 4.10. The maximum atomic E-state index is 12.7. The standard InChI is InChI=1S/C15H22N2O2/c1-4-17(14-7-12(18)6-5-10(14)2)15(19)13-9-16-8-11(13)3/h5-7,11,13,16,18H,4,8-9H2,1-3H3/t11-,13-/m1/s1. The summed E-state index contributed by atoms with van der Waals surface area (Å²) in [5, 5.41) is 12.9. The van der Waals surface area contributed by atoms with Crippen molar-refractivity contribution in [2.24, 2.45) is 11.8 Å². The molecular formula is C15H22N2O2. The van der Waals surface area contributed by atoms with Crippen LogP contribution < -0.4 is 10.2 Å². The molecule has 0 saturated carbocycles. The molecule has 4 heteroatoms. The molecule has 1 fully saturated rings. The number of carbonyl (C=O) groups excluding carboxylic acids is 1. The molecule has 19 heavy (non-hydrogen) atoms. The first-order chi connectivity index (χ1) is 9.04. The quantitative estimate of drug-likeness (QED) is 0.875. The fourth-order valence-electron chi connectivity index (χ4n) is 2.67. The number of amides is 1. The Morgan fingerprint density at radius 1 is 1.47 bits per heavy atom. The van der Waals surface area contributed by atoms with Crippen LogP contribution in [0.25, 0.3) is 0 Å². The van der Waals surface area contributed by atoms with Crippen LogP contribution in [0.3, 0.4) is 0 Å². The molecule has 0 radical (unpaired) electrons. The van der Waals surface area contributed by atoms with Crippen LogP contribution in [0.4, 0.5) is 5.69 Å². The summed E-state index contributed by atoms with van der Waals surface area (Å²) in [5.74, 6) is 0.735. The lowest BCUT2D eigenvalue weighted by Crippen LogP contribution is -2.39. The van der Waals surface area contributed by atoms with Crippen LogP contribution >= 0.6 is 0 Å². The number of nitrogens with zero attached hydrogens (tertiary/aromatic N) is 1. The summed E-state index contributed by atoms with van der Waals surface area (Å²) in [4.78, 5) is 14.4. The summed E-state index contributed by atoms with van der Waals surface area (Å²) < 4.78 is 0. The lowest BCUT2D eigenvalue weighted by molar-refractivity contribution is -0.122. The topological polar surface area (TPSA) is 52.6 Å². The molecule has 2 atom stereocenters. The zero-order valence-electron chi connectivity index (χ0n) is 11.8. The predicted octanol–water partition coefficient (Wildman–Crippen LogP) is 1.91. The van der Waals surface area contributed by atoms with Gasteiger partial charge in [0.15, 0.2) is 0 Å². The first-order valence-corrected chi connectivity index (χ1v) is 6.86. The number of phenolic OH excluding ortho intramolecular Hbond substituents is 1. The van der Waals surface area contributed by atoms with Crippen molar-refractivity contribution in [1.29, 1.82) is 0 Å². The van der Waals surface area contributed by atoms with E-state index >= 15 is 0 Å². The molecule has 0 aromatic heterocycles. The molecule has 1 aromatic rings. The summed E-state index contributed by atoms with van der Waals surface area (Å²) in [6.45, 7) is 8.29. The van der Waals surface area contributed by atoms with Gasteiger partial charge in [0.05, 0.1) is 11.6 Å². The van der Waals surface area contributed by atoms with E-state index in [1.54, 1.807) is 17.0 Å². The minimum absolute atomic E-state index is 0.0294. The highest BCUT2D eigenvalue weighted by Crippen LogP contribution is 2.28. The van der Waals surface area contributed by atoms with Gasteiger partial charge in [0.2, 0.25) is 5.91 Å². The molecule has 0 spiro atoms. The van der Waals surface area contributed by atoms with Gasteiger partial charge in [0, 0.05) is 19.2 Å². The number of phenols is 1. The smallest absolute Gasteiger partial charge is 0.231 e. The average Bonchev–Trinajstić information content (AvgIpc) is 2.80. The third kappa shape index (κ3) is 2.73. The minimum Gasteiger partial charge on any atom is -0.508 e. The first kappa shape index (κ1) is 13.9. The Labute approximate surface area is 114 Å². The Balaban J connectivity index is 2.28. The number of anilines is 1. The highest BCUT2D eigenvalue weighted by Gasteiger charge is 2.33. The second-order valence-corrected chi connectivity index (χ2v) is 5.30. The van der Waals surface area contributed by atoms with E-state index in [0.29, 0.717) is 12.5 Å². The zero-order chi connectivity index (χ0) is 14.0. The van der Waals surface area contributed by atoms with Crippen molar-refractivity contribution in [1.82, 2.24) is 5.32 Å². The second kappa shape index (κ2) is 5.61. The first-order valence-electron chi connectivity index (χ1n) is 6.86. The molecule has 2 rings (SSSR count). The van der Waals surface area contributed by atoms with Gasteiger partial charge < -0.3 is 15.3 Å². The fraction of sp³-hybridized carbons (Fsp3) is 0.533. The van der Waals surface area contributed by atoms with Crippen molar-refractivity contribution < 1.29 is 9.90 Å². The number of carbonyl (C=O) groups is 1. The summed E-state index contributed by atoms with van der Waals surface area (Å²) in [7, 11) is 0. The molecule has 0 aliphatic carbocycles. The van der Waals surface area contributed by atoms with E-state index in [1.165, 1.54) is 0 Å². The van der Waals surface area contributed by atoms with Crippen molar-refractivity contribution in [2.75, 3.05) is 24.5 Å². The predicted molar refractivity (Wildman–Crippen MR) is 76.4 cm³/mol. The van der Waals surface area contributed by atoms with Crippen LogP contribution in [0.15, 0.2) is 18.2 Å². The van der Waals surface area contributed by atoms with Crippen LogP contribution in [-0.2, 0) is 4.79 Å². The van der Waals surface area contributed by atoms with Crippen LogP contribution in [0.1, 0.15) is 19.4 Å². The van der Waals surface area contributed by atoms with Gasteiger partial charge in [-0.25, -0.2) is 0 Å². The maximum absolute atomic E-state index is 12.7. The third-order valence-corrected chi connectivity index (χ3v) is 3.90. The second-order valence-electron chi connectivity index (χ2n) is 5.30. The van der Waals surface area contributed by atoms with Crippen molar-refractivity contribution in [3.63, 3.8) is 0 Å². The molecule has 1 aromatic carbocycles. The highest BCUT2D eigenvalue weighted by atomic mass is 16.3. The maximum Gasteiger partial charge on any atom is 0.231 e. The van der Waals surface area contributed by atoms with Crippen LogP contribution in [0, 0.1) is 18.8 Å². The van der Waals surface area contributed by atoms with E-state index in [4.69, 9.17) is 0 Å². The number of hydrogen-bond acceptors (Lipinski definition) is 3.